The van der Waals surface area contributed by atoms with E-state index in [-0.39, 0.29) is 30.4 Å². The van der Waals surface area contributed by atoms with Crippen molar-refractivity contribution in [2.45, 2.75) is 43.2 Å². The van der Waals surface area contributed by atoms with Crippen molar-refractivity contribution in [1.82, 2.24) is 5.32 Å². The molecule has 258 valence electrons. The Morgan fingerprint density at radius 2 is 1.04 bits per heavy atom. The molecule has 5 unspecified atom stereocenters. The Labute approximate surface area is 311 Å². The van der Waals surface area contributed by atoms with Gasteiger partial charge in [-0.3, -0.25) is 5.32 Å². The zero-order valence-electron chi connectivity index (χ0n) is 29.4. The van der Waals surface area contributed by atoms with Crippen LogP contribution in [0.2, 0.25) is 0 Å². The number of para-hydroxylation sites is 1. The van der Waals surface area contributed by atoms with Gasteiger partial charge in [0.2, 0.25) is 0 Å². The highest BCUT2D eigenvalue weighted by Crippen LogP contribution is 2.54. The zero-order chi connectivity index (χ0) is 35.1. The first-order valence-corrected chi connectivity index (χ1v) is 18.7. The standard InChI is InChI=1S/C49H40N2O2/c1-4-12-33(13-5-1)35-22-24-36(25-23-35)37-26-28-40(29-27-37)51(41-19-10-18-39(30-41)34-14-6-2-7-15-34)45-21-11-20-42-43-31-47-44(32-46(43)52-48(42)45)50-49(53-47)38-16-8-3-9-17-38/h1-30,43-44,46-47,49-50H,31-32H2. The molecule has 1 saturated heterocycles. The largest absolute Gasteiger partial charge is 0.487 e. The number of ether oxygens (including phenoxy) is 2. The van der Waals surface area contributed by atoms with Gasteiger partial charge in [0.25, 0.3) is 0 Å². The molecule has 1 N–H and O–H groups in total. The molecule has 7 aromatic rings. The van der Waals surface area contributed by atoms with Gasteiger partial charge >= 0.3 is 0 Å². The molecule has 53 heavy (non-hydrogen) atoms. The molecule has 0 aromatic heterocycles. The van der Waals surface area contributed by atoms with E-state index < -0.39 is 0 Å². The number of hydrogen-bond acceptors (Lipinski definition) is 4. The lowest BCUT2D eigenvalue weighted by Gasteiger charge is -2.32. The SMILES string of the molecule is c1ccc(-c2ccc(-c3ccc(N(c4cccc(-c5ccccc5)c4)c4cccc5c4OC4CC6NC(c7ccccc7)OC6CC54)cc3)cc2)cc1. The number of nitrogens with zero attached hydrogens (tertiary/aromatic N) is 1. The van der Waals surface area contributed by atoms with Crippen molar-refractivity contribution in [3.8, 4) is 39.1 Å². The first-order valence-electron chi connectivity index (χ1n) is 18.7. The third-order valence-corrected chi connectivity index (χ3v) is 11.2. The van der Waals surface area contributed by atoms with Crippen molar-refractivity contribution in [3.63, 3.8) is 0 Å². The maximum atomic E-state index is 7.03. The minimum Gasteiger partial charge on any atom is -0.487 e. The quantitative estimate of drug-likeness (QED) is 0.181. The molecule has 7 aromatic carbocycles. The van der Waals surface area contributed by atoms with Gasteiger partial charge in [0.05, 0.1) is 11.8 Å². The van der Waals surface area contributed by atoms with Gasteiger partial charge in [0.1, 0.15) is 18.1 Å². The highest BCUT2D eigenvalue weighted by molar-refractivity contribution is 5.85. The van der Waals surface area contributed by atoms with E-state index >= 15 is 0 Å². The molecule has 2 fully saturated rings. The third kappa shape index (κ3) is 6.00. The van der Waals surface area contributed by atoms with E-state index in [4.69, 9.17) is 9.47 Å². The summed E-state index contributed by atoms with van der Waals surface area (Å²) in [5.41, 5.74) is 12.9. The Bertz CT molecular complexity index is 2340. The van der Waals surface area contributed by atoms with Crippen molar-refractivity contribution in [2.75, 3.05) is 4.90 Å². The maximum absolute atomic E-state index is 7.03. The van der Waals surface area contributed by atoms with Crippen LogP contribution in [0.5, 0.6) is 5.75 Å². The van der Waals surface area contributed by atoms with E-state index in [0.717, 1.165) is 35.7 Å². The van der Waals surface area contributed by atoms with Crippen LogP contribution in [-0.2, 0) is 4.74 Å². The molecular weight excluding hydrogens is 649 g/mol. The van der Waals surface area contributed by atoms with Crippen molar-refractivity contribution in [1.29, 1.82) is 0 Å². The second-order valence-corrected chi connectivity index (χ2v) is 14.4. The summed E-state index contributed by atoms with van der Waals surface area (Å²) >= 11 is 0. The van der Waals surface area contributed by atoms with E-state index in [2.05, 4.69) is 192 Å². The van der Waals surface area contributed by atoms with Gasteiger partial charge in [-0.25, -0.2) is 0 Å². The summed E-state index contributed by atoms with van der Waals surface area (Å²) in [6, 6.07) is 65.2. The van der Waals surface area contributed by atoms with Crippen LogP contribution < -0.4 is 15.0 Å². The van der Waals surface area contributed by atoms with E-state index in [9.17, 15) is 0 Å². The Hall–Kier alpha value is -5.94. The number of fused-ring (bicyclic) bond motifs is 4. The number of benzene rings is 7. The number of hydrogen-bond donors (Lipinski definition) is 1. The summed E-state index contributed by atoms with van der Waals surface area (Å²) in [4.78, 5) is 2.37. The minimum atomic E-state index is -0.0759. The lowest BCUT2D eigenvalue weighted by atomic mass is 9.79. The molecule has 2 heterocycles. The van der Waals surface area contributed by atoms with E-state index in [0.29, 0.717) is 0 Å². The van der Waals surface area contributed by atoms with Crippen LogP contribution in [0, 0.1) is 0 Å². The smallest absolute Gasteiger partial charge is 0.147 e. The molecule has 4 heteroatoms. The Morgan fingerprint density at radius 1 is 0.472 bits per heavy atom. The number of anilines is 3. The zero-order valence-corrected chi connectivity index (χ0v) is 29.4. The molecule has 10 rings (SSSR count). The van der Waals surface area contributed by atoms with E-state index in [1.54, 1.807) is 0 Å². The first kappa shape index (κ1) is 31.8. The molecule has 0 radical (unpaired) electrons. The molecular formula is C49H40N2O2. The van der Waals surface area contributed by atoms with Crippen LogP contribution in [0.15, 0.2) is 182 Å². The van der Waals surface area contributed by atoms with Crippen molar-refractivity contribution < 1.29 is 9.47 Å². The molecule has 3 aliphatic rings. The summed E-state index contributed by atoms with van der Waals surface area (Å²) in [6.07, 6.45) is 2.01. The summed E-state index contributed by atoms with van der Waals surface area (Å²) in [7, 11) is 0. The molecule has 2 aliphatic heterocycles. The van der Waals surface area contributed by atoms with Gasteiger partial charge in [-0.15, -0.1) is 0 Å². The highest BCUT2D eigenvalue weighted by Gasteiger charge is 2.49. The number of nitrogens with one attached hydrogen (secondary N) is 1. The Kier molecular flexibility index (Phi) is 8.13. The maximum Gasteiger partial charge on any atom is 0.147 e. The summed E-state index contributed by atoms with van der Waals surface area (Å²) in [5, 5.41) is 3.78. The van der Waals surface area contributed by atoms with Gasteiger partial charge in [-0.2, -0.15) is 0 Å². The average Bonchev–Trinajstić information content (AvgIpc) is 3.83. The van der Waals surface area contributed by atoms with Crippen molar-refractivity contribution in [2.24, 2.45) is 0 Å². The van der Waals surface area contributed by atoms with Crippen molar-refractivity contribution >= 4 is 17.1 Å². The molecule has 4 nitrogen and oxygen atoms in total. The molecule has 5 atom stereocenters. The summed E-state index contributed by atoms with van der Waals surface area (Å²) in [6.45, 7) is 0. The highest BCUT2D eigenvalue weighted by atomic mass is 16.5. The Balaban J connectivity index is 0.996. The predicted octanol–water partition coefficient (Wildman–Crippen LogP) is 11.9. The van der Waals surface area contributed by atoms with Crippen LogP contribution >= 0.6 is 0 Å². The van der Waals surface area contributed by atoms with Gasteiger partial charge in [0, 0.05) is 35.3 Å². The van der Waals surface area contributed by atoms with Crippen LogP contribution in [0.4, 0.5) is 17.1 Å². The van der Waals surface area contributed by atoms with Gasteiger partial charge in [-0.05, 0) is 75.7 Å². The lowest BCUT2D eigenvalue weighted by molar-refractivity contribution is 0.00591. The lowest BCUT2D eigenvalue weighted by Crippen LogP contribution is -2.43. The molecule has 1 saturated carbocycles. The molecule has 0 bridgehead atoms. The van der Waals surface area contributed by atoms with Crippen LogP contribution in [-0.4, -0.2) is 18.2 Å². The molecule has 0 amide bonds. The fourth-order valence-corrected chi connectivity index (χ4v) is 8.59. The minimum absolute atomic E-state index is 0.0759. The normalized spacial score (nSPS) is 21.2. The average molecular weight is 689 g/mol. The van der Waals surface area contributed by atoms with E-state index in [1.165, 1.54) is 44.5 Å². The Morgan fingerprint density at radius 3 is 1.72 bits per heavy atom. The predicted molar refractivity (Wildman–Crippen MR) is 215 cm³/mol. The summed E-state index contributed by atoms with van der Waals surface area (Å²) in [5.74, 6) is 1.26. The van der Waals surface area contributed by atoms with Gasteiger partial charge < -0.3 is 14.4 Å². The van der Waals surface area contributed by atoms with Gasteiger partial charge in [-0.1, -0.05) is 152 Å². The third-order valence-electron chi connectivity index (χ3n) is 11.2. The van der Waals surface area contributed by atoms with Crippen molar-refractivity contribution in [3.05, 3.63) is 193 Å². The van der Waals surface area contributed by atoms with E-state index in [1.807, 2.05) is 0 Å². The monoisotopic (exact) mass is 688 g/mol. The van der Waals surface area contributed by atoms with Gasteiger partial charge in [0.15, 0.2) is 0 Å². The fraction of sp³-hybridized carbons (Fsp3) is 0.143. The second-order valence-electron chi connectivity index (χ2n) is 14.4. The molecule has 0 spiro atoms. The first-order chi connectivity index (χ1) is 26.2. The molecule has 1 aliphatic carbocycles. The van der Waals surface area contributed by atoms with Crippen LogP contribution in [0.1, 0.15) is 36.1 Å². The van der Waals surface area contributed by atoms with Crippen LogP contribution in [0.25, 0.3) is 33.4 Å². The summed E-state index contributed by atoms with van der Waals surface area (Å²) < 4.78 is 13.7. The second kappa shape index (κ2) is 13.6. The topological polar surface area (TPSA) is 33.7 Å². The fourth-order valence-electron chi connectivity index (χ4n) is 8.59. The van der Waals surface area contributed by atoms with Crippen LogP contribution in [0.3, 0.4) is 0 Å². The number of rotatable bonds is 7.